The molecule has 3 heteroatoms. The summed E-state index contributed by atoms with van der Waals surface area (Å²) in [6.45, 7) is 1.50. The molecule has 2 rings (SSSR count). The first-order valence-electron chi connectivity index (χ1n) is 4.72. The number of benzene rings is 1. The van der Waals surface area contributed by atoms with Crippen molar-refractivity contribution >= 4 is 11.6 Å². The average molecular weight is 190 g/mol. The highest BCUT2D eigenvalue weighted by molar-refractivity contribution is 5.95. The quantitative estimate of drug-likeness (QED) is 0.706. The van der Waals surface area contributed by atoms with Gasteiger partial charge >= 0.3 is 0 Å². The predicted octanol–water partition coefficient (Wildman–Crippen LogP) is 1.53. The van der Waals surface area contributed by atoms with Crippen molar-refractivity contribution in [1.29, 1.82) is 0 Å². The summed E-state index contributed by atoms with van der Waals surface area (Å²) in [5, 5.41) is 0. The maximum absolute atomic E-state index is 5.38. The molecule has 0 aliphatic carbocycles. The number of hydrogen-bond donors (Lipinski definition) is 0. The molecule has 0 atom stereocenters. The number of ether oxygens (including phenoxy) is 1. The lowest BCUT2D eigenvalue weighted by molar-refractivity contribution is 0.348. The zero-order chi connectivity index (χ0) is 9.97. The van der Waals surface area contributed by atoms with Crippen LogP contribution in [0.4, 0.5) is 5.69 Å². The Balaban J connectivity index is 2.21. The molecule has 1 aromatic carbocycles. The van der Waals surface area contributed by atoms with Crippen LogP contribution in [0.15, 0.2) is 29.3 Å². The van der Waals surface area contributed by atoms with Gasteiger partial charge in [0, 0.05) is 25.3 Å². The van der Waals surface area contributed by atoms with E-state index in [2.05, 4.69) is 22.0 Å². The van der Waals surface area contributed by atoms with Gasteiger partial charge in [-0.3, -0.25) is 0 Å². The second kappa shape index (κ2) is 3.70. The molecule has 74 valence electrons. The summed E-state index contributed by atoms with van der Waals surface area (Å²) in [7, 11) is 4.05. The van der Waals surface area contributed by atoms with E-state index in [1.165, 1.54) is 5.69 Å². The Morgan fingerprint density at radius 1 is 1.21 bits per heavy atom. The first-order valence-corrected chi connectivity index (χ1v) is 4.72. The Labute approximate surface area is 84.0 Å². The van der Waals surface area contributed by atoms with Crippen LogP contribution in [-0.2, 0) is 4.74 Å². The van der Waals surface area contributed by atoms with Gasteiger partial charge in [-0.2, -0.15) is 0 Å². The normalized spacial score (nSPS) is 14.9. The highest BCUT2D eigenvalue weighted by Crippen LogP contribution is 2.14. The van der Waals surface area contributed by atoms with Crippen molar-refractivity contribution in [3.05, 3.63) is 29.8 Å². The molecule has 0 fully saturated rings. The summed E-state index contributed by atoms with van der Waals surface area (Å²) in [5.41, 5.74) is 2.25. The van der Waals surface area contributed by atoms with Crippen molar-refractivity contribution in [3.63, 3.8) is 0 Å². The lowest BCUT2D eigenvalue weighted by Gasteiger charge is -2.12. The van der Waals surface area contributed by atoms with E-state index in [4.69, 9.17) is 4.74 Å². The van der Waals surface area contributed by atoms with Crippen molar-refractivity contribution in [2.75, 3.05) is 32.1 Å². The molecular formula is C11H14N2O. The number of hydrogen-bond acceptors (Lipinski definition) is 3. The van der Waals surface area contributed by atoms with Crippen LogP contribution in [0.25, 0.3) is 0 Å². The molecule has 0 amide bonds. The predicted molar refractivity (Wildman–Crippen MR) is 58.1 cm³/mol. The minimum absolute atomic E-state index is 0.713. The standard InChI is InChI=1S/C11H14N2O/c1-13(2)10-5-3-9(4-6-10)11-12-7-8-14-11/h3-6H,7-8H2,1-2H3. The monoisotopic (exact) mass is 190 g/mol. The fourth-order valence-electron chi connectivity index (χ4n) is 1.41. The van der Waals surface area contributed by atoms with Crippen molar-refractivity contribution in [3.8, 4) is 0 Å². The topological polar surface area (TPSA) is 24.8 Å². The molecule has 0 unspecified atom stereocenters. The fourth-order valence-corrected chi connectivity index (χ4v) is 1.41. The van der Waals surface area contributed by atoms with E-state index in [1.807, 2.05) is 26.2 Å². The Morgan fingerprint density at radius 3 is 2.43 bits per heavy atom. The molecule has 1 aliphatic heterocycles. The van der Waals surface area contributed by atoms with Crippen LogP contribution >= 0.6 is 0 Å². The summed E-state index contributed by atoms with van der Waals surface area (Å²) in [5.74, 6) is 0.773. The molecule has 14 heavy (non-hydrogen) atoms. The Bertz CT molecular complexity index is 341. The Kier molecular flexibility index (Phi) is 2.39. The van der Waals surface area contributed by atoms with Crippen molar-refractivity contribution < 1.29 is 4.74 Å². The van der Waals surface area contributed by atoms with Gasteiger partial charge in [0.05, 0.1) is 6.54 Å². The first-order chi connectivity index (χ1) is 6.77. The molecule has 1 heterocycles. The van der Waals surface area contributed by atoms with Crippen LogP contribution in [0.2, 0.25) is 0 Å². The molecule has 0 spiro atoms. The molecule has 0 N–H and O–H groups in total. The van der Waals surface area contributed by atoms with Crippen molar-refractivity contribution in [1.82, 2.24) is 0 Å². The van der Waals surface area contributed by atoms with Crippen LogP contribution in [0.3, 0.4) is 0 Å². The van der Waals surface area contributed by atoms with E-state index in [0.29, 0.717) is 6.61 Å². The first kappa shape index (κ1) is 9.06. The number of rotatable bonds is 2. The Morgan fingerprint density at radius 2 is 1.93 bits per heavy atom. The molecule has 0 aromatic heterocycles. The average Bonchev–Trinajstić information content (AvgIpc) is 2.71. The number of anilines is 1. The molecule has 0 radical (unpaired) electrons. The minimum atomic E-state index is 0.713. The molecule has 0 saturated heterocycles. The van der Waals surface area contributed by atoms with Gasteiger partial charge in [-0.25, -0.2) is 4.99 Å². The number of nitrogens with zero attached hydrogens (tertiary/aromatic N) is 2. The molecule has 3 nitrogen and oxygen atoms in total. The largest absolute Gasteiger partial charge is 0.476 e. The van der Waals surface area contributed by atoms with E-state index in [-0.39, 0.29) is 0 Å². The smallest absolute Gasteiger partial charge is 0.216 e. The maximum Gasteiger partial charge on any atom is 0.216 e. The summed E-state index contributed by atoms with van der Waals surface area (Å²) < 4.78 is 5.38. The Hall–Kier alpha value is -1.51. The number of aliphatic imine (C=N–C) groups is 1. The van der Waals surface area contributed by atoms with Gasteiger partial charge in [0.1, 0.15) is 6.61 Å². The zero-order valence-corrected chi connectivity index (χ0v) is 8.53. The van der Waals surface area contributed by atoms with Gasteiger partial charge in [-0.05, 0) is 24.3 Å². The van der Waals surface area contributed by atoms with E-state index in [9.17, 15) is 0 Å². The van der Waals surface area contributed by atoms with E-state index in [1.54, 1.807) is 0 Å². The summed E-state index contributed by atoms with van der Waals surface area (Å²) in [6.07, 6.45) is 0. The van der Waals surface area contributed by atoms with Crippen LogP contribution in [0.1, 0.15) is 5.56 Å². The lowest BCUT2D eigenvalue weighted by Crippen LogP contribution is -2.09. The van der Waals surface area contributed by atoms with Crippen LogP contribution in [-0.4, -0.2) is 33.1 Å². The van der Waals surface area contributed by atoms with Gasteiger partial charge in [0.25, 0.3) is 0 Å². The van der Waals surface area contributed by atoms with E-state index in [0.717, 1.165) is 18.0 Å². The van der Waals surface area contributed by atoms with E-state index >= 15 is 0 Å². The summed E-state index contributed by atoms with van der Waals surface area (Å²) in [6, 6.07) is 8.22. The van der Waals surface area contributed by atoms with Crippen LogP contribution in [0, 0.1) is 0 Å². The van der Waals surface area contributed by atoms with Gasteiger partial charge in [0.15, 0.2) is 0 Å². The van der Waals surface area contributed by atoms with Crippen molar-refractivity contribution in [2.24, 2.45) is 4.99 Å². The third-order valence-corrected chi connectivity index (χ3v) is 2.22. The lowest BCUT2D eigenvalue weighted by atomic mass is 10.2. The summed E-state index contributed by atoms with van der Waals surface area (Å²) in [4.78, 5) is 6.33. The third-order valence-electron chi connectivity index (χ3n) is 2.22. The highest BCUT2D eigenvalue weighted by Gasteiger charge is 2.09. The van der Waals surface area contributed by atoms with Crippen LogP contribution in [0.5, 0.6) is 0 Å². The molecule has 1 aromatic rings. The second-order valence-corrected chi connectivity index (χ2v) is 3.48. The third kappa shape index (κ3) is 1.71. The summed E-state index contributed by atoms with van der Waals surface area (Å²) >= 11 is 0. The molecule has 1 aliphatic rings. The van der Waals surface area contributed by atoms with Crippen LogP contribution < -0.4 is 4.90 Å². The SMILES string of the molecule is CN(C)c1ccc(C2=NCCO2)cc1. The van der Waals surface area contributed by atoms with Gasteiger partial charge in [-0.15, -0.1) is 0 Å². The molecule has 0 bridgehead atoms. The maximum atomic E-state index is 5.38. The van der Waals surface area contributed by atoms with E-state index < -0.39 is 0 Å². The van der Waals surface area contributed by atoms with Gasteiger partial charge < -0.3 is 9.64 Å². The molecule has 0 saturated carbocycles. The minimum Gasteiger partial charge on any atom is -0.476 e. The second-order valence-electron chi connectivity index (χ2n) is 3.48. The fraction of sp³-hybridized carbons (Fsp3) is 0.364. The zero-order valence-electron chi connectivity index (χ0n) is 8.53. The highest BCUT2D eigenvalue weighted by atomic mass is 16.5. The van der Waals surface area contributed by atoms with Gasteiger partial charge in [0.2, 0.25) is 5.90 Å². The van der Waals surface area contributed by atoms with Gasteiger partial charge in [-0.1, -0.05) is 0 Å². The molecular weight excluding hydrogens is 176 g/mol. The van der Waals surface area contributed by atoms with Crippen molar-refractivity contribution in [2.45, 2.75) is 0 Å².